The minimum absolute atomic E-state index is 0.141. The highest BCUT2D eigenvalue weighted by molar-refractivity contribution is 5.98. The summed E-state index contributed by atoms with van der Waals surface area (Å²) in [6.07, 6.45) is 1.88. The standard InChI is InChI=1S/C11H10FNO/c12-9-3-1-7-5-6-13-10(14)4-2-8(9)11(7)13/h1,3H,2,4-6H2. The van der Waals surface area contributed by atoms with Crippen molar-refractivity contribution in [1.82, 2.24) is 0 Å². The van der Waals surface area contributed by atoms with Crippen molar-refractivity contribution < 1.29 is 9.18 Å². The molecule has 2 aliphatic heterocycles. The first-order valence-electron chi connectivity index (χ1n) is 4.88. The third kappa shape index (κ3) is 0.870. The largest absolute Gasteiger partial charge is 0.311 e. The molecule has 0 saturated heterocycles. The summed E-state index contributed by atoms with van der Waals surface area (Å²) in [5.74, 6) is -0.0231. The number of rotatable bonds is 0. The van der Waals surface area contributed by atoms with Gasteiger partial charge < -0.3 is 4.90 Å². The molecule has 0 aromatic heterocycles. The van der Waals surface area contributed by atoms with Crippen molar-refractivity contribution in [2.75, 3.05) is 11.4 Å². The van der Waals surface area contributed by atoms with Gasteiger partial charge in [0.05, 0.1) is 5.69 Å². The predicted octanol–water partition coefficient (Wildman–Crippen LogP) is 1.66. The molecule has 0 atom stereocenters. The molecule has 14 heavy (non-hydrogen) atoms. The average Bonchev–Trinajstić information content (AvgIpc) is 2.60. The van der Waals surface area contributed by atoms with Gasteiger partial charge in [0, 0.05) is 18.5 Å². The van der Waals surface area contributed by atoms with Gasteiger partial charge in [-0.2, -0.15) is 0 Å². The van der Waals surface area contributed by atoms with Crippen molar-refractivity contribution in [3.63, 3.8) is 0 Å². The molecule has 1 aromatic carbocycles. The van der Waals surface area contributed by atoms with Crippen LogP contribution in [0.1, 0.15) is 17.5 Å². The van der Waals surface area contributed by atoms with E-state index in [4.69, 9.17) is 0 Å². The summed E-state index contributed by atoms with van der Waals surface area (Å²) < 4.78 is 13.4. The fourth-order valence-corrected chi connectivity index (χ4v) is 2.40. The Morgan fingerprint density at radius 1 is 1.21 bits per heavy atom. The zero-order chi connectivity index (χ0) is 9.71. The molecule has 0 radical (unpaired) electrons. The Morgan fingerprint density at radius 2 is 2.07 bits per heavy atom. The number of anilines is 1. The summed E-state index contributed by atoms with van der Waals surface area (Å²) in [6.45, 7) is 0.727. The fourth-order valence-electron chi connectivity index (χ4n) is 2.40. The zero-order valence-electron chi connectivity index (χ0n) is 7.72. The van der Waals surface area contributed by atoms with Crippen LogP contribution >= 0.6 is 0 Å². The monoisotopic (exact) mass is 191 g/mol. The molecule has 1 aromatic rings. The van der Waals surface area contributed by atoms with Crippen LogP contribution in [-0.2, 0) is 17.6 Å². The van der Waals surface area contributed by atoms with Gasteiger partial charge in [0.1, 0.15) is 5.82 Å². The van der Waals surface area contributed by atoms with Crippen LogP contribution in [0.5, 0.6) is 0 Å². The van der Waals surface area contributed by atoms with Gasteiger partial charge in [-0.05, 0) is 24.5 Å². The van der Waals surface area contributed by atoms with Crippen molar-refractivity contribution >= 4 is 11.6 Å². The molecule has 2 nitrogen and oxygen atoms in total. The maximum atomic E-state index is 13.4. The molecule has 2 heterocycles. The minimum Gasteiger partial charge on any atom is -0.311 e. The quantitative estimate of drug-likeness (QED) is 0.610. The number of hydrogen-bond acceptors (Lipinski definition) is 1. The fraction of sp³-hybridized carbons (Fsp3) is 0.364. The maximum Gasteiger partial charge on any atom is 0.227 e. The van der Waals surface area contributed by atoms with Gasteiger partial charge in [-0.15, -0.1) is 0 Å². The summed E-state index contributed by atoms with van der Waals surface area (Å²) in [4.78, 5) is 13.3. The lowest BCUT2D eigenvalue weighted by Crippen LogP contribution is -2.33. The van der Waals surface area contributed by atoms with E-state index in [2.05, 4.69) is 0 Å². The highest BCUT2D eigenvalue weighted by Crippen LogP contribution is 2.37. The van der Waals surface area contributed by atoms with E-state index in [1.54, 1.807) is 11.0 Å². The van der Waals surface area contributed by atoms with Gasteiger partial charge >= 0.3 is 0 Å². The van der Waals surface area contributed by atoms with E-state index in [-0.39, 0.29) is 11.7 Å². The first-order chi connectivity index (χ1) is 6.77. The predicted molar refractivity (Wildman–Crippen MR) is 50.8 cm³/mol. The average molecular weight is 191 g/mol. The number of halogens is 1. The van der Waals surface area contributed by atoms with Crippen molar-refractivity contribution in [3.8, 4) is 0 Å². The van der Waals surface area contributed by atoms with Crippen molar-refractivity contribution in [1.29, 1.82) is 0 Å². The zero-order valence-corrected chi connectivity index (χ0v) is 7.72. The van der Waals surface area contributed by atoms with Gasteiger partial charge in [0.15, 0.2) is 0 Å². The second kappa shape index (κ2) is 2.56. The molecule has 3 rings (SSSR count). The Hall–Kier alpha value is -1.38. The molecule has 0 unspecified atom stereocenters. The Kier molecular flexibility index (Phi) is 1.46. The lowest BCUT2D eigenvalue weighted by atomic mass is 9.99. The van der Waals surface area contributed by atoms with Crippen LogP contribution in [0.4, 0.5) is 10.1 Å². The van der Waals surface area contributed by atoms with E-state index >= 15 is 0 Å². The molecule has 3 heteroatoms. The van der Waals surface area contributed by atoms with Gasteiger partial charge in [-0.25, -0.2) is 4.39 Å². The molecular formula is C11H10FNO. The summed E-state index contributed by atoms with van der Waals surface area (Å²) in [5.41, 5.74) is 2.72. The van der Waals surface area contributed by atoms with Crippen LogP contribution in [0.25, 0.3) is 0 Å². The SMILES string of the molecule is O=C1CCc2c(F)ccc3c2N1CC3. The minimum atomic E-state index is -0.164. The number of carbonyl (C=O) groups excluding carboxylic acids is 1. The summed E-state index contributed by atoms with van der Waals surface area (Å²) in [7, 11) is 0. The summed E-state index contributed by atoms with van der Waals surface area (Å²) in [6, 6.07) is 3.32. The van der Waals surface area contributed by atoms with Gasteiger partial charge in [-0.1, -0.05) is 6.07 Å². The van der Waals surface area contributed by atoms with E-state index < -0.39 is 0 Å². The molecule has 0 spiro atoms. The second-order valence-electron chi connectivity index (χ2n) is 3.83. The molecule has 0 bridgehead atoms. The summed E-state index contributed by atoms with van der Waals surface area (Å²) in [5, 5.41) is 0. The molecule has 72 valence electrons. The molecule has 2 aliphatic rings. The molecule has 0 N–H and O–H groups in total. The third-order valence-electron chi connectivity index (χ3n) is 3.07. The van der Waals surface area contributed by atoms with Gasteiger partial charge in [0.25, 0.3) is 0 Å². The van der Waals surface area contributed by atoms with E-state index in [0.29, 0.717) is 12.8 Å². The molecule has 0 aliphatic carbocycles. The molecule has 0 saturated carbocycles. The smallest absolute Gasteiger partial charge is 0.227 e. The Balaban J connectivity index is 2.27. The van der Waals surface area contributed by atoms with E-state index in [9.17, 15) is 9.18 Å². The van der Waals surface area contributed by atoms with Gasteiger partial charge in [0.2, 0.25) is 5.91 Å². The highest BCUT2D eigenvalue weighted by Gasteiger charge is 2.32. The van der Waals surface area contributed by atoms with E-state index in [1.165, 1.54) is 6.07 Å². The molecule has 0 fully saturated rings. The summed E-state index contributed by atoms with van der Waals surface area (Å²) >= 11 is 0. The number of amides is 1. The van der Waals surface area contributed by atoms with Crippen LogP contribution in [-0.4, -0.2) is 12.5 Å². The Morgan fingerprint density at radius 3 is 2.93 bits per heavy atom. The maximum absolute atomic E-state index is 13.4. The highest BCUT2D eigenvalue weighted by atomic mass is 19.1. The molecule has 1 amide bonds. The lowest BCUT2D eigenvalue weighted by Gasteiger charge is -2.25. The first kappa shape index (κ1) is 7.97. The van der Waals surface area contributed by atoms with Crippen molar-refractivity contribution in [3.05, 3.63) is 29.1 Å². The Bertz CT molecular complexity index is 428. The number of carbonyl (C=O) groups is 1. The number of hydrogen-bond donors (Lipinski definition) is 0. The number of benzene rings is 1. The van der Waals surface area contributed by atoms with Crippen molar-refractivity contribution in [2.24, 2.45) is 0 Å². The Labute approximate surface area is 81.3 Å². The first-order valence-corrected chi connectivity index (χ1v) is 4.88. The normalized spacial score (nSPS) is 18.6. The molecular weight excluding hydrogens is 181 g/mol. The van der Waals surface area contributed by atoms with Gasteiger partial charge in [-0.3, -0.25) is 4.79 Å². The number of nitrogens with zero attached hydrogens (tertiary/aromatic N) is 1. The van der Waals surface area contributed by atoms with Crippen LogP contribution in [0.2, 0.25) is 0 Å². The topological polar surface area (TPSA) is 20.3 Å². The van der Waals surface area contributed by atoms with Crippen LogP contribution in [0.3, 0.4) is 0 Å². The van der Waals surface area contributed by atoms with Crippen LogP contribution < -0.4 is 4.90 Å². The van der Waals surface area contributed by atoms with Crippen molar-refractivity contribution in [2.45, 2.75) is 19.3 Å². The third-order valence-corrected chi connectivity index (χ3v) is 3.07. The van der Waals surface area contributed by atoms with Crippen LogP contribution in [0, 0.1) is 5.82 Å². The van der Waals surface area contributed by atoms with E-state index in [0.717, 1.165) is 29.8 Å². The lowest BCUT2D eigenvalue weighted by molar-refractivity contribution is -0.118. The van der Waals surface area contributed by atoms with Crippen LogP contribution in [0.15, 0.2) is 12.1 Å². The second-order valence-corrected chi connectivity index (χ2v) is 3.83. The van der Waals surface area contributed by atoms with E-state index in [1.807, 2.05) is 0 Å².